The zero-order chi connectivity index (χ0) is 17.6. The summed E-state index contributed by atoms with van der Waals surface area (Å²) in [4.78, 5) is 4.25. The molecular weight excluding hydrogens is 312 g/mol. The summed E-state index contributed by atoms with van der Waals surface area (Å²) in [6.07, 6.45) is 2.83. The molecule has 1 heterocycles. The summed E-state index contributed by atoms with van der Waals surface area (Å²) in [7, 11) is 0. The minimum Gasteiger partial charge on any atom is -0.339 e. The van der Waals surface area contributed by atoms with E-state index in [1.165, 1.54) is 11.1 Å². The molecule has 0 aliphatic rings. The Morgan fingerprint density at radius 1 is 0.960 bits per heavy atom. The molecule has 0 amide bonds. The third kappa shape index (κ3) is 4.53. The van der Waals surface area contributed by atoms with E-state index in [1.807, 2.05) is 12.1 Å². The van der Waals surface area contributed by atoms with Crippen molar-refractivity contribution < 1.29 is 4.52 Å². The van der Waals surface area contributed by atoms with Gasteiger partial charge in [-0.2, -0.15) is 4.98 Å². The van der Waals surface area contributed by atoms with Gasteiger partial charge in [0.15, 0.2) is 0 Å². The first-order valence-electron chi connectivity index (χ1n) is 8.61. The lowest BCUT2D eigenvalue weighted by Crippen LogP contribution is -2.23. The van der Waals surface area contributed by atoms with Crippen molar-refractivity contribution in [2.75, 3.05) is 6.54 Å². The number of hydrogen-bond donors (Lipinski definition) is 2. The lowest BCUT2D eigenvalue weighted by atomic mass is 9.98. The quantitative estimate of drug-likeness (QED) is 0.690. The van der Waals surface area contributed by atoms with Crippen molar-refractivity contribution in [2.45, 2.75) is 32.2 Å². The molecule has 0 spiro atoms. The average Bonchev–Trinajstić information content (AvgIpc) is 3.07. The Kier molecular flexibility index (Phi) is 5.58. The van der Waals surface area contributed by atoms with Crippen molar-refractivity contribution in [3.63, 3.8) is 0 Å². The van der Waals surface area contributed by atoms with Crippen LogP contribution in [0.1, 0.15) is 24.3 Å². The van der Waals surface area contributed by atoms with Crippen LogP contribution in [0.4, 0.5) is 0 Å². The van der Waals surface area contributed by atoms with Crippen LogP contribution in [0.25, 0.3) is 22.5 Å². The van der Waals surface area contributed by atoms with Crippen LogP contribution in [-0.2, 0) is 6.42 Å². The van der Waals surface area contributed by atoms with E-state index in [1.54, 1.807) is 6.92 Å². The van der Waals surface area contributed by atoms with E-state index in [2.05, 4.69) is 46.5 Å². The van der Waals surface area contributed by atoms with Crippen molar-refractivity contribution in [1.82, 2.24) is 10.1 Å². The fourth-order valence-corrected chi connectivity index (χ4v) is 2.85. The molecule has 0 aliphatic heterocycles. The number of benzene rings is 2. The fraction of sp³-hybridized carbons (Fsp3) is 0.300. The van der Waals surface area contributed by atoms with Crippen LogP contribution in [0.15, 0.2) is 53.1 Å². The molecule has 130 valence electrons. The SMILES string of the molecule is Cc1nc(-c2ccc(-c3ccc(CC(N)CCCN)cc3)cc2)no1. The number of aromatic nitrogens is 2. The standard InChI is InChI=1S/C20H24N4O/c1-14-23-20(24-25-14)18-10-8-17(9-11-18)16-6-4-15(5-7-16)13-19(22)3-2-12-21/h4-11,19H,2-3,12-13,21-22H2,1H3. The Morgan fingerprint density at radius 3 is 2.12 bits per heavy atom. The number of aryl methyl sites for hydroxylation is 1. The summed E-state index contributed by atoms with van der Waals surface area (Å²) < 4.78 is 5.02. The first kappa shape index (κ1) is 17.3. The highest BCUT2D eigenvalue weighted by molar-refractivity contribution is 5.67. The topological polar surface area (TPSA) is 91.0 Å². The van der Waals surface area contributed by atoms with E-state index in [0.29, 0.717) is 18.3 Å². The summed E-state index contributed by atoms with van der Waals surface area (Å²) in [6, 6.07) is 16.9. The maximum atomic E-state index is 6.14. The van der Waals surface area contributed by atoms with Gasteiger partial charge in [-0.1, -0.05) is 53.7 Å². The van der Waals surface area contributed by atoms with Gasteiger partial charge in [-0.15, -0.1) is 0 Å². The van der Waals surface area contributed by atoms with Gasteiger partial charge in [0.2, 0.25) is 11.7 Å². The molecule has 4 N–H and O–H groups in total. The Balaban J connectivity index is 1.67. The number of nitrogens with two attached hydrogens (primary N) is 2. The maximum absolute atomic E-state index is 6.14. The lowest BCUT2D eigenvalue weighted by molar-refractivity contribution is 0.394. The molecule has 0 bridgehead atoms. The van der Waals surface area contributed by atoms with E-state index in [9.17, 15) is 0 Å². The normalized spacial score (nSPS) is 12.3. The second-order valence-corrected chi connectivity index (χ2v) is 6.31. The van der Waals surface area contributed by atoms with Crippen LogP contribution >= 0.6 is 0 Å². The smallest absolute Gasteiger partial charge is 0.223 e. The van der Waals surface area contributed by atoms with Crippen LogP contribution in [0.2, 0.25) is 0 Å². The van der Waals surface area contributed by atoms with Gasteiger partial charge in [0.1, 0.15) is 0 Å². The number of hydrogen-bond acceptors (Lipinski definition) is 5. The molecule has 0 aliphatic carbocycles. The van der Waals surface area contributed by atoms with Gasteiger partial charge >= 0.3 is 0 Å². The molecule has 0 fully saturated rings. The minimum absolute atomic E-state index is 0.173. The van der Waals surface area contributed by atoms with Crippen LogP contribution < -0.4 is 11.5 Å². The third-order valence-corrected chi connectivity index (χ3v) is 4.23. The number of nitrogens with zero attached hydrogens (tertiary/aromatic N) is 2. The molecule has 1 aromatic heterocycles. The predicted octanol–water partition coefficient (Wildman–Crippen LogP) is 3.32. The highest BCUT2D eigenvalue weighted by Gasteiger charge is 2.07. The fourth-order valence-electron chi connectivity index (χ4n) is 2.85. The summed E-state index contributed by atoms with van der Waals surface area (Å²) in [5.74, 6) is 1.19. The molecule has 0 saturated carbocycles. The maximum Gasteiger partial charge on any atom is 0.223 e. The molecule has 2 aromatic carbocycles. The molecule has 5 heteroatoms. The van der Waals surface area contributed by atoms with Crippen molar-refractivity contribution in [3.8, 4) is 22.5 Å². The Morgan fingerprint density at radius 2 is 1.56 bits per heavy atom. The van der Waals surface area contributed by atoms with Gasteiger partial charge in [-0.05, 0) is 42.5 Å². The van der Waals surface area contributed by atoms with Crippen molar-refractivity contribution in [1.29, 1.82) is 0 Å². The first-order chi connectivity index (χ1) is 12.2. The van der Waals surface area contributed by atoms with Gasteiger partial charge in [0.25, 0.3) is 0 Å². The zero-order valence-corrected chi connectivity index (χ0v) is 14.5. The molecule has 5 nitrogen and oxygen atoms in total. The Labute approximate surface area is 148 Å². The van der Waals surface area contributed by atoms with E-state index >= 15 is 0 Å². The summed E-state index contributed by atoms with van der Waals surface area (Å²) in [6.45, 7) is 2.49. The van der Waals surface area contributed by atoms with Gasteiger partial charge in [-0.25, -0.2) is 0 Å². The largest absolute Gasteiger partial charge is 0.339 e. The first-order valence-corrected chi connectivity index (χ1v) is 8.61. The van der Waals surface area contributed by atoms with Crippen molar-refractivity contribution in [2.24, 2.45) is 11.5 Å². The van der Waals surface area contributed by atoms with Crippen LogP contribution in [0.5, 0.6) is 0 Å². The second kappa shape index (κ2) is 8.05. The molecule has 0 saturated heterocycles. The monoisotopic (exact) mass is 336 g/mol. The summed E-state index contributed by atoms with van der Waals surface area (Å²) >= 11 is 0. The zero-order valence-electron chi connectivity index (χ0n) is 14.5. The molecule has 1 unspecified atom stereocenters. The van der Waals surface area contributed by atoms with E-state index in [4.69, 9.17) is 16.0 Å². The average molecular weight is 336 g/mol. The van der Waals surface area contributed by atoms with E-state index in [0.717, 1.165) is 30.4 Å². The highest BCUT2D eigenvalue weighted by atomic mass is 16.5. The van der Waals surface area contributed by atoms with Gasteiger partial charge in [-0.3, -0.25) is 0 Å². The third-order valence-electron chi connectivity index (χ3n) is 4.23. The van der Waals surface area contributed by atoms with Gasteiger partial charge in [0.05, 0.1) is 0 Å². The van der Waals surface area contributed by atoms with Crippen LogP contribution in [0.3, 0.4) is 0 Å². The predicted molar refractivity (Wildman–Crippen MR) is 99.9 cm³/mol. The summed E-state index contributed by atoms with van der Waals surface area (Å²) in [5, 5.41) is 3.94. The molecule has 25 heavy (non-hydrogen) atoms. The van der Waals surface area contributed by atoms with Crippen molar-refractivity contribution in [3.05, 3.63) is 60.0 Å². The van der Waals surface area contributed by atoms with Gasteiger partial charge in [0, 0.05) is 18.5 Å². The lowest BCUT2D eigenvalue weighted by Gasteiger charge is -2.11. The summed E-state index contributed by atoms with van der Waals surface area (Å²) in [5.41, 5.74) is 16.2. The van der Waals surface area contributed by atoms with Gasteiger partial charge < -0.3 is 16.0 Å². The van der Waals surface area contributed by atoms with Crippen LogP contribution in [-0.4, -0.2) is 22.7 Å². The van der Waals surface area contributed by atoms with E-state index in [-0.39, 0.29) is 6.04 Å². The molecule has 3 rings (SSSR count). The van der Waals surface area contributed by atoms with E-state index < -0.39 is 0 Å². The molecule has 3 aromatic rings. The minimum atomic E-state index is 0.173. The van der Waals surface area contributed by atoms with Crippen LogP contribution in [0, 0.1) is 6.92 Å². The highest BCUT2D eigenvalue weighted by Crippen LogP contribution is 2.24. The number of rotatable bonds is 7. The molecule has 0 radical (unpaired) electrons. The molecular formula is C20H24N4O. The van der Waals surface area contributed by atoms with Crippen molar-refractivity contribution >= 4 is 0 Å². The Hall–Kier alpha value is -2.50. The Bertz CT molecular complexity index is 793. The molecule has 1 atom stereocenters. The second-order valence-electron chi connectivity index (χ2n) is 6.31.